The maximum absolute atomic E-state index is 12.0. The van der Waals surface area contributed by atoms with E-state index in [1.165, 1.54) is 12.8 Å². The molecule has 2 amide bonds. The van der Waals surface area contributed by atoms with Crippen LogP contribution in [0.25, 0.3) is 0 Å². The van der Waals surface area contributed by atoms with Gasteiger partial charge in [-0.15, -0.1) is 0 Å². The largest absolute Gasteiger partial charge is 0.379 e. The van der Waals surface area contributed by atoms with Crippen molar-refractivity contribution in [2.24, 2.45) is 5.92 Å². The maximum atomic E-state index is 12.0. The molecule has 0 heterocycles. The standard InChI is InChI=1S/C15H22N2O3S/c1-17(9-10-20-11-12-3-4-12)15(18)16-13-5-7-14(8-6-13)21(2)19/h5-8,12H,3-4,9-11H2,1-2H3,(H,16,18)/t21-/m1/s1. The highest BCUT2D eigenvalue weighted by Crippen LogP contribution is 2.28. The molecule has 0 aromatic heterocycles. The fraction of sp³-hybridized carbons (Fsp3) is 0.533. The number of nitrogens with zero attached hydrogens (tertiary/aromatic N) is 1. The molecular weight excluding hydrogens is 288 g/mol. The smallest absolute Gasteiger partial charge is 0.321 e. The lowest BCUT2D eigenvalue weighted by atomic mass is 10.3. The van der Waals surface area contributed by atoms with Crippen LogP contribution in [0.3, 0.4) is 0 Å². The maximum Gasteiger partial charge on any atom is 0.321 e. The van der Waals surface area contributed by atoms with Crippen LogP contribution >= 0.6 is 0 Å². The molecule has 5 nitrogen and oxygen atoms in total. The van der Waals surface area contributed by atoms with Gasteiger partial charge in [-0.05, 0) is 43.0 Å². The molecule has 0 spiro atoms. The first-order chi connectivity index (χ1) is 10.1. The molecule has 2 rings (SSSR count). The zero-order chi connectivity index (χ0) is 15.2. The third-order valence-electron chi connectivity index (χ3n) is 3.41. The molecule has 6 heteroatoms. The molecule has 21 heavy (non-hydrogen) atoms. The number of carbonyl (C=O) groups excluding carboxylic acids is 1. The Balaban J connectivity index is 1.72. The van der Waals surface area contributed by atoms with Crippen molar-refractivity contribution in [2.45, 2.75) is 17.7 Å². The van der Waals surface area contributed by atoms with E-state index in [0.717, 1.165) is 17.4 Å². The van der Waals surface area contributed by atoms with E-state index in [9.17, 15) is 9.00 Å². The van der Waals surface area contributed by atoms with Crippen molar-refractivity contribution in [3.05, 3.63) is 24.3 Å². The van der Waals surface area contributed by atoms with Crippen molar-refractivity contribution >= 4 is 22.5 Å². The predicted molar refractivity (Wildman–Crippen MR) is 84.0 cm³/mol. The number of carbonyl (C=O) groups is 1. The van der Waals surface area contributed by atoms with Crippen LogP contribution in [0.15, 0.2) is 29.2 Å². The average molecular weight is 310 g/mol. The van der Waals surface area contributed by atoms with E-state index in [1.807, 2.05) is 0 Å². The minimum Gasteiger partial charge on any atom is -0.379 e. The van der Waals surface area contributed by atoms with Crippen molar-refractivity contribution in [3.63, 3.8) is 0 Å². The van der Waals surface area contributed by atoms with Gasteiger partial charge >= 0.3 is 6.03 Å². The van der Waals surface area contributed by atoms with Crippen molar-refractivity contribution in [1.29, 1.82) is 0 Å². The SMILES string of the molecule is CN(CCOCC1CC1)C(=O)Nc1ccc([S@@](C)=O)cc1. The monoisotopic (exact) mass is 310 g/mol. The Kier molecular flexibility index (Phi) is 5.76. The molecule has 0 saturated heterocycles. The van der Waals surface area contributed by atoms with Gasteiger partial charge in [0.05, 0.1) is 6.61 Å². The molecule has 1 fully saturated rings. The molecule has 1 aliphatic rings. The van der Waals surface area contributed by atoms with Crippen LogP contribution in [-0.2, 0) is 15.5 Å². The normalized spacial score (nSPS) is 15.5. The van der Waals surface area contributed by atoms with Gasteiger partial charge in [0.2, 0.25) is 0 Å². The lowest BCUT2D eigenvalue weighted by Crippen LogP contribution is -2.34. The Morgan fingerprint density at radius 3 is 2.62 bits per heavy atom. The van der Waals surface area contributed by atoms with Gasteiger partial charge in [0.25, 0.3) is 0 Å². The van der Waals surface area contributed by atoms with Gasteiger partial charge in [-0.3, -0.25) is 4.21 Å². The van der Waals surface area contributed by atoms with E-state index >= 15 is 0 Å². The second-order valence-corrected chi connectivity index (χ2v) is 6.73. The van der Waals surface area contributed by atoms with Gasteiger partial charge in [-0.25, -0.2) is 4.79 Å². The Morgan fingerprint density at radius 1 is 1.38 bits per heavy atom. The van der Waals surface area contributed by atoms with Crippen LogP contribution < -0.4 is 5.32 Å². The summed E-state index contributed by atoms with van der Waals surface area (Å²) in [4.78, 5) is 14.3. The number of urea groups is 1. The molecule has 116 valence electrons. The van der Waals surface area contributed by atoms with Gasteiger partial charge in [0, 0.05) is 47.8 Å². The first-order valence-corrected chi connectivity index (χ1v) is 8.65. The number of hydrogen-bond acceptors (Lipinski definition) is 3. The van der Waals surface area contributed by atoms with Crippen molar-refractivity contribution in [3.8, 4) is 0 Å². The van der Waals surface area contributed by atoms with E-state index in [-0.39, 0.29) is 6.03 Å². The molecule has 0 radical (unpaired) electrons. The number of anilines is 1. The number of benzene rings is 1. The van der Waals surface area contributed by atoms with Crippen molar-refractivity contribution in [2.75, 3.05) is 38.4 Å². The first-order valence-electron chi connectivity index (χ1n) is 7.09. The van der Waals surface area contributed by atoms with Crippen LogP contribution in [0.1, 0.15) is 12.8 Å². The summed E-state index contributed by atoms with van der Waals surface area (Å²) in [5.41, 5.74) is 0.694. The molecule has 1 aromatic rings. The first kappa shape index (κ1) is 16.0. The second-order valence-electron chi connectivity index (χ2n) is 5.35. The summed E-state index contributed by atoms with van der Waals surface area (Å²) in [5.74, 6) is 0.742. The van der Waals surface area contributed by atoms with Gasteiger partial charge in [-0.2, -0.15) is 0 Å². The third kappa shape index (κ3) is 5.47. The molecule has 0 aliphatic heterocycles. The van der Waals surface area contributed by atoms with Gasteiger partial charge in [-0.1, -0.05) is 0 Å². The van der Waals surface area contributed by atoms with Crippen LogP contribution in [-0.4, -0.2) is 48.2 Å². The zero-order valence-corrected chi connectivity index (χ0v) is 13.3. The lowest BCUT2D eigenvalue weighted by Gasteiger charge is -2.18. The summed E-state index contributed by atoms with van der Waals surface area (Å²) in [7, 11) is 0.739. The van der Waals surface area contributed by atoms with Gasteiger partial charge in [0.1, 0.15) is 0 Å². The summed E-state index contributed by atoms with van der Waals surface area (Å²) < 4.78 is 16.8. The summed E-state index contributed by atoms with van der Waals surface area (Å²) in [5, 5.41) is 2.80. The second kappa shape index (κ2) is 7.56. The minimum atomic E-state index is -1.00. The van der Waals surface area contributed by atoms with Gasteiger partial charge in [0.15, 0.2) is 0 Å². The predicted octanol–water partition coefficient (Wildman–Crippen LogP) is 2.31. The molecule has 0 unspecified atom stereocenters. The number of nitrogens with one attached hydrogen (secondary N) is 1. The topological polar surface area (TPSA) is 58.6 Å². The lowest BCUT2D eigenvalue weighted by molar-refractivity contribution is 0.109. The van der Waals surface area contributed by atoms with Gasteiger partial charge < -0.3 is 15.0 Å². The van der Waals surface area contributed by atoms with Crippen molar-refractivity contribution in [1.82, 2.24) is 4.90 Å². The highest BCUT2D eigenvalue weighted by atomic mass is 32.2. The van der Waals surface area contributed by atoms with E-state index in [2.05, 4.69) is 5.32 Å². The third-order valence-corrected chi connectivity index (χ3v) is 4.34. The highest BCUT2D eigenvalue weighted by molar-refractivity contribution is 7.84. The Morgan fingerprint density at radius 2 is 2.05 bits per heavy atom. The van der Waals surface area contributed by atoms with Crippen LogP contribution in [0.5, 0.6) is 0 Å². The molecular formula is C15H22N2O3S. The fourth-order valence-corrected chi connectivity index (χ4v) is 2.31. The molecule has 1 aliphatic carbocycles. The van der Waals surface area contributed by atoms with E-state index < -0.39 is 10.8 Å². The minimum absolute atomic E-state index is 0.171. The number of amides is 2. The fourth-order valence-electron chi connectivity index (χ4n) is 1.79. The summed E-state index contributed by atoms with van der Waals surface area (Å²) in [6.45, 7) is 1.94. The zero-order valence-electron chi connectivity index (χ0n) is 12.5. The van der Waals surface area contributed by atoms with Crippen LogP contribution in [0.4, 0.5) is 10.5 Å². The Bertz CT molecular complexity index is 500. The average Bonchev–Trinajstić information content (AvgIpc) is 3.28. The molecule has 0 bridgehead atoms. The summed E-state index contributed by atoms with van der Waals surface area (Å²) in [6, 6.07) is 6.85. The van der Waals surface area contributed by atoms with E-state index in [0.29, 0.717) is 18.8 Å². The highest BCUT2D eigenvalue weighted by Gasteiger charge is 2.21. The Hall–Kier alpha value is -1.40. The molecule has 1 N–H and O–H groups in total. The molecule has 1 aromatic carbocycles. The van der Waals surface area contributed by atoms with E-state index in [1.54, 1.807) is 42.5 Å². The quantitative estimate of drug-likeness (QED) is 0.786. The summed E-state index contributed by atoms with van der Waals surface area (Å²) in [6.07, 6.45) is 4.17. The van der Waals surface area contributed by atoms with Crippen molar-refractivity contribution < 1.29 is 13.7 Å². The number of rotatable bonds is 7. The van der Waals surface area contributed by atoms with Crippen LogP contribution in [0.2, 0.25) is 0 Å². The number of likely N-dealkylation sites (N-methyl/N-ethyl adjacent to an activating group) is 1. The Labute approximate surface area is 128 Å². The van der Waals surface area contributed by atoms with E-state index in [4.69, 9.17) is 4.74 Å². The summed E-state index contributed by atoms with van der Waals surface area (Å²) >= 11 is 0. The molecule has 1 atom stereocenters. The number of ether oxygens (including phenoxy) is 1. The number of hydrogen-bond donors (Lipinski definition) is 1. The van der Waals surface area contributed by atoms with Crippen LogP contribution in [0, 0.1) is 5.92 Å². The molecule has 1 saturated carbocycles.